The average molecular weight is 205 g/mol. The Balaban J connectivity index is 1.77. The molecule has 0 spiro atoms. The lowest BCUT2D eigenvalue weighted by atomic mass is 9.81. The van der Waals surface area contributed by atoms with Gasteiger partial charge in [0, 0.05) is 32.0 Å². The largest absolute Gasteiger partial charge is 0.392 e. The molecule has 1 aliphatic carbocycles. The minimum atomic E-state index is -2.41. The lowest BCUT2D eigenvalue weighted by Gasteiger charge is -2.38. The minimum absolute atomic E-state index is 0.0340. The molecular formula is C10H17F2NO. The number of nitrogens with zero attached hydrogens (tertiary/aromatic N) is 1. The molecule has 0 bridgehead atoms. The zero-order valence-electron chi connectivity index (χ0n) is 8.42. The Morgan fingerprint density at radius 3 is 2.50 bits per heavy atom. The van der Waals surface area contributed by atoms with Crippen molar-refractivity contribution in [3.8, 4) is 0 Å². The van der Waals surface area contributed by atoms with Gasteiger partial charge in [-0.1, -0.05) is 0 Å². The first-order valence-electron chi connectivity index (χ1n) is 5.26. The monoisotopic (exact) mass is 205 g/mol. The molecule has 14 heavy (non-hydrogen) atoms. The number of hydrogen-bond acceptors (Lipinski definition) is 2. The van der Waals surface area contributed by atoms with Gasteiger partial charge in [-0.05, 0) is 19.3 Å². The van der Waals surface area contributed by atoms with E-state index in [2.05, 4.69) is 4.90 Å². The fraction of sp³-hybridized carbons (Fsp3) is 1.00. The third-order valence-electron chi connectivity index (χ3n) is 3.35. The summed E-state index contributed by atoms with van der Waals surface area (Å²) in [6.45, 7) is 3.43. The topological polar surface area (TPSA) is 23.5 Å². The first-order chi connectivity index (χ1) is 6.46. The molecule has 2 aliphatic rings. The Bertz CT molecular complexity index is 214. The second-order valence-electron chi connectivity index (χ2n) is 4.82. The smallest absolute Gasteiger partial charge is 0.248 e. The molecule has 0 radical (unpaired) electrons. The predicted molar refractivity (Wildman–Crippen MR) is 49.3 cm³/mol. The highest BCUT2D eigenvalue weighted by molar-refractivity contribution is 4.91. The number of hydrogen-bond donors (Lipinski definition) is 1. The van der Waals surface area contributed by atoms with Crippen molar-refractivity contribution in [2.75, 3.05) is 13.1 Å². The minimum Gasteiger partial charge on any atom is -0.392 e. The van der Waals surface area contributed by atoms with Gasteiger partial charge in [-0.15, -0.1) is 0 Å². The Morgan fingerprint density at radius 1 is 1.43 bits per heavy atom. The molecule has 1 heterocycles. The van der Waals surface area contributed by atoms with Crippen LogP contribution >= 0.6 is 0 Å². The van der Waals surface area contributed by atoms with Crippen molar-refractivity contribution in [2.45, 2.75) is 44.3 Å². The van der Waals surface area contributed by atoms with Crippen molar-refractivity contribution in [1.29, 1.82) is 0 Å². The molecule has 1 N–H and O–H groups in total. The Hall–Kier alpha value is -0.220. The Kier molecular flexibility index (Phi) is 2.52. The normalized spacial score (nSPS) is 38.6. The van der Waals surface area contributed by atoms with Crippen LogP contribution in [-0.4, -0.2) is 41.2 Å². The molecule has 0 aromatic rings. The van der Waals surface area contributed by atoms with Gasteiger partial charge in [0.05, 0.1) is 6.10 Å². The first-order valence-corrected chi connectivity index (χ1v) is 5.26. The van der Waals surface area contributed by atoms with E-state index in [1.54, 1.807) is 0 Å². The van der Waals surface area contributed by atoms with Gasteiger partial charge in [-0.2, -0.15) is 0 Å². The van der Waals surface area contributed by atoms with Gasteiger partial charge in [0.1, 0.15) is 0 Å². The maximum absolute atomic E-state index is 12.6. The molecule has 0 aromatic heterocycles. The maximum Gasteiger partial charge on any atom is 0.248 e. The van der Waals surface area contributed by atoms with Gasteiger partial charge >= 0.3 is 0 Å². The van der Waals surface area contributed by atoms with Gasteiger partial charge < -0.3 is 5.11 Å². The Morgan fingerprint density at radius 2 is 2.07 bits per heavy atom. The average Bonchev–Trinajstić information content (AvgIpc) is 2.26. The third kappa shape index (κ3) is 2.06. The van der Waals surface area contributed by atoms with Crippen LogP contribution in [0.3, 0.4) is 0 Å². The molecule has 0 aromatic carbocycles. The SMILES string of the molecule is C[C@@H]1C[C@H](O)CN1CC1CC(F)(F)C1. The quantitative estimate of drug-likeness (QED) is 0.738. The fourth-order valence-corrected chi connectivity index (χ4v) is 2.57. The van der Waals surface area contributed by atoms with Gasteiger partial charge in [0.2, 0.25) is 5.92 Å². The molecule has 4 heteroatoms. The molecule has 2 fully saturated rings. The number of aliphatic hydroxyl groups is 1. The van der Waals surface area contributed by atoms with E-state index in [9.17, 15) is 13.9 Å². The molecule has 1 saturated carbocycles. The van der Waals surface area contributed by atoms with Crippen LogP contribution in [0.25, 0.3) is 0 Å². The molecule has 82 valence electrons. The summed E-state index contributed by atoms with van der Waals surface area (Å²) in [6.07, 6.45) is 0.590. The number of aliphatic hydroxyl groups excluding tert-OH is 1. The molecule has 0 unspecified atom stereocenters. The van der Waals surface area contributed by atoms with Crippen LogP contribution in [0.2, 0.25) is 0 Å². The van der Waals surface area contributed by atoms with Crippen LogP contribution in [0.1, 0.15) is 26.2 Å². The summed E-state index contributed by atoms with van der Waals surface area (Å²) in [4.78, 5) is 2.13. The van der Waals surface area contributed by atoms with E-state index < -0.39 is 5.92 Å². The van der Waals surface area contributed by atoms with Crippen LogP contribution in [0.5, 0.6) is 0 Å². The van der Waals surface area contributed by atoms with Crippen LogP contribution in [0.15, 0.2) is 0 Å². The summed E-state index contributed by atoms with van der Waals surface area (Å²) in [5, 5.41) is 9.39. The van der Waals surface area contributed by atoms with Crippen molar-refractivity contribution in [3.63, 3.8) is 0 Å². The predicted octanol–water partition coefficient (Wildman–Crippen LogP) is 1.49. The number of likely N-dealkylation sites (tertiary alicyclic amines) is 1. The highest BCUT2D eigenvalue weighted by Gasteiger charge is 2.46. The summed E-state index contributed by atoms with van der Waals surface area (Å²) in [6, 6.07) is 0.347. The summed E-state index contributed by atoms with van der Waals surface area (Å²) in [5.41, 5.74) is 0. The van der Waals surface area contributed by atoms with E-state index in [4.69, 9.17) is 0 Å². The molecular weight excluding hydrogens is 188 g/mol. The highest BCUT2D eigenvalue weighted by atomic mass is 19.3. The summed E-state index contributed by atoms with van der Waals surface area (Å²) < 4.78 is 25.1. The van der Waals surface area contributed by atoms with Crippen molar-refractivity contribution in [2.24, 2.45) is 5.92 Å². The third-order valence-corrected chi connectivity index (χ3v) is 3.35. The number of alkyl halides is 2. The van der Waals surface area contributed by atoms with Gasteiger partial charge in [0.15, 0.2) is 0 Å². The van der Waals surface area contributed by atoms with Gasteiger partial charge in [-0.3, -0.25) is 4.90 Å². The molecule has 1 saturated heterocycles. The molecule has 0 amide bonds. The zero-order valence-corrected chi connectivity index (χ0v) is 8.42. The molecule has 2 rings (SSSR count). The Labute approximate surface area is 82.9 Å². The summed E-state index contributed by atoms with van der Waals surface area (Å²) in [5.74, 6) is -2.27. The highest BCUT2D eigenvalue weighted by Crippen LogP contribution is 2.43. The second-order valence-corrected chi connectivity index (χ2v) is 4.82. The lowest BCUT2D eigenvalue weighted by molar-refractivity contribution is -0.116. The second kappa shape index (κ2) is 3.42. The van der Waals surface area contributed by atoms with Crippen molar-refractivity contribution < 1.29 is 13.9 Å². The van der Waals surface area contributed by atoms with E-state index in [1.165, 1.54) is 0 Å². The van der Waals surface area contributed by atoms with Crippen LogP contribution < -0.4 is 0 Å². The zero-order chi connectivity index (χ0) is 10.3. The van der Waals surface area contributed by atoms with Crippen LogP contribution in [-0.2, 0) is 0 Å². The number of β-amino-alcohol motifs (C(OH)–C–C–N with tert-alkyl or cyclic N) is 1. The van der Waals surface area contributed by atoms with E-state index in [1.807, 2.05) is 6.92 Å². The molecule has 1 aliphatic heterocycles. The maximum atomic E-state index is 12.6. The van der Waals surface area contributed by atoms with Crippen LogP contribution in [0.4, 0.5) is 8.78 Å². The van der Waals surface area contributed by atoms with E-state index in [0.29, 0.717) is 12.6 Å². The summed E-state index contributed by atoms with van der Waals surface area (Å²) >= 11 is 0. The lowest BCUT2D eigenvalue weighted by Crippen LogP contribution is -2.43. The number of rotatable bonds is 2. The van der Waals surface area contributed by atoms with E-state index in [0.717, 1.165) is 13.0 Å². The first kappa shape index (κ1) is 10.3. The van der Waals surface area contributed by atoms with E-state index in [-0.39, 0.29) is 24.9 Å². The van der Waals surface area contributed by atoms with E-state index >= 15 is 0 Å². The van der Waals surface area contributed by atoms with Crippen molar-refractivity contribution in [1.82, 2.24) is 4.90 Å². The van der Waals surface area contributed by atoms with Crippen molar-refractivity contribution >= 4 is 0 Å². The molecule has 2 nitrogen and oxygen atoms in total. The summed E-state index contributed by atoms with van der Waals surface area (Å²) in [7, 11) is 0. The fourth-order valence-electron chi connectivity index (χ4n) is 2.57. The van der Waals surface area contributed by atoms with Crippen molar-refractivity contribution in [3.05, 3.63) is 0 Å². The standard InChI is InChI=1S/C10H17F2NO/c1-7-2-9(14)6-13(7)5-8-3-10(11,12)4-8/h7-9,14H,2-6H2,1H3/t7-,9+/m1/s1. The number of halogens is 2. The molecule has 2 atom stereocenters. The van der Waals surface area contributed by atoms with Gasteiger partial charge in [0.25, 0.3) is 0 Å². The van der Waals surface area contributed by atoms with Gasteiger partial charge in [-0.25, -0.2) is 8.78 Å². The van der Waals surface area contributed by atoms with Crippen LogP contribution in [0, 0.1) is 5.92 Å².